The van der Waals surface area contributed by atoms with Crippen LogP contribution in [0, 0.1) is 0 Å². The molecule has 32 heavy (non-hydrogen) atoms. The molecule has 2 N–H and O–H groups in total. The number of hydrogen-bond donors (Lipinski definition) is 2. The maximum absolute atomic E-state index is 13.8. The number of nitrogens with zero attached hydrogens (tertiary/aromatic N) is 2. The molecule has 5 rings (SSSR count). The number of ether oxygens (including phenoxy) is 1. The van der Waals surface area contributed by atoms with Gasteiger partial charge in [-0.2, -0.15) is 0 Å². The van der Waals surface area contributed by atoms with Crippen molar-refractivity contribution in [2.24, 2.45) is 0 Å². The van der Waals surface area contributed by atoms with Gasteiger partial charge in [-0.3, -0.25) is 14.6 Å². The first-order valence-corrected chi connectivity index (χ1v) is 11.1. The predicted molar refractivity (Wildman–Crippen MR) is 123 cm³/mol. The minimum absolute atomic E-state index is 0.107. The molecule has 7 heteroatoms. The molecule has 0 unspecified atom stereocenters. The van der Waals surface area contributed by atoms with Crippen molar-refractivity contribution in [2.75, 3.05) is 27.2 Å². The van der Waals surface area contributed by atoms with Gasteiger partial charge in [0.15, 0.2) is 0 Å². The highest BCUT2D eigenvalue weighted by Crippen LogP contribution is 2.50. The maximum Gasteiger partial charge on any atom is 0.328 e. The molecular weight excluding hydrogens is 404 g/mol. The molecule has 1 fully saturated rings. The number of hydrogen-bond acceptors (Lipinski definition) is 4. The Morgan fingerprint density at radius 1 is 1.19 bits per heavy atom. The average Bonchev–Trinajstić information content (AvgIpc) is 3.29. The summed E-state index contributed by atoms with van der Waals surface area (Å²) < 4.78 is 5.47. The molecule has 0 bridgehead atoms. The molecule has 166 valence electrons. The van der Waals surface area contributed by atoms with E-state index in [0.29, 0.717) is 25.9 Å². The zero-order valence-corrected chi connectivity index (χ0v) is 18.6. The van der Waals surface area contributed by atoms with E-state index in [4.69, 9.17) is 4.74 Å². The van der Waals surface area contributed by atoms with Crippen molar-refractivity contribution in [1.82, 2.24) is 20.1 Å². The monoisotopic (exact) mass is 432 g/mol. The van der Waals surface area contributed by atoms with Crippen LogP contribution in [0.25, 0.3) is 10.9 Å². The van der Waals surface area contributed by atoms with Crippen molar-refractivity contribution >= 4 is 22.8 Å². The average molecular weight is 433 g/mol. The zero-order valence-electron chi connectivity index (χ0n) is 18.6. The summed E-state index contributed by atoms with van der Waals surface area (Å²) in [6.45, 7) is 2.92. The molecule has 3 amide bonds. The van der Waals surface area contributed by atoms with Crippen LogP contribution < -0.4 is 10.1 Å². The molecule has 2 aliphatic heterocycles. The van der Waals surface area contributed by atoms with Gasteiger partial charge in [0.05, 0.1) is 7.11 Å². The van der Waals surface area contributed by atoms with Crippen LogP contribution in [0.15, 0.2) is 48.5 Å². The van der Waals surface area contributed by atoms with Gasteiger partial charge in [0.2, 0.25) is 0 Å². The normalized spacial score (nSPS) is 22.4. The number of H-pyrrole nitrogens is 1. The fourth-order valence-corrected chi connectivity index (χ4v) is 5.31. The number of imide groups is 1. The van der Waals surface area contributed by atoms with E-state index in [2.05, 4.69) is 10.3 Å². The van der Waals surface area contributed by atoms with Gasteiger partial charge < -0.3 is 15.0 Å². The number of aromatic amines is 1. The number of nitrogens with one attached hydrogen (secondary N) is 2. The number of carbonyl (C=O) groups is 2. The minimum Gasteiger partial charge on any atom is -0.497 e. The van der Waals surface area contributed by atoms with E-state index in [0.717, 1.165) is 33.5 Å². The Kier molecular flexibility index (Phi) is 4.93. The van der Waals surface area contributed by atoms with Gasteiger partial charge in [0.1, 0.15) is 17.3 Å². The standard InChI is InChI=1S/C25H28N4O3/c1-4-25-15-19-18-14-17(32-3)10-11-20(18)27-21(19)22(16-8-6-5-7-9-16)29(25)24(31)28(23(25)30)13-12-26-2/h5-11,14,22,26-27H,4,12-13,15H2,1-3H3/t22-,25+/m1/s1. The van der Waals surface area contributed by atoms with Gasteiger partial charge >= 0.3 is 6.03 Å². The van der Waals surface area contributed by atoms with Crippen molar-refractivity contribution in [3.8, 4) is 5.75 Å². The number of benzene rings is 2. The zero-order chi connectivity index (χ0) is 22.5. The Balaban J connectivity index is 1.76. The lowest BCUT2D eigenvalue weighted by Gasteiger charge is -2.44. The van der Waals surface area contributed by atoms with Crippen molar-refractivity contribution in [3.63, 3.8) is 0 Å². The highest BCUT2D eigenvalue weighted by Gasteiger charge is 2.61. The van der Waals surface area contributed by atoms with Crippen molar-refractivity contribution in [1.29, 1.82) is 0 Å². The van der Waals surface area contributed by atoms with Crippen molar-refractivity contribution in [3.05, 3.63) is 65.4 Å². The van der Waals surface area contributed by atoms with Crippen LogP contribution in [0.5, 0.6) is 5.75 Å². The lowest BCUT2D eigenvalue weighted by molar-refractivity contribution is -0.134. The van der Waals surface area contributed by atoms with E-state index in [1.165, 1.54) is 4.90 Å². The Morgan fingerprint density at radius 2 is 1.97 bits per heavy atom. The van der Waals surface area contributed by atoms with Crippen LogP contribution in [0.1, 0.15) is 36.2 Å². The topological polar surface area (TPSA) is 77.7 Å². The molecule has 2 aromatic carbocycles. The molecule has 0 radical (unpaired) electrons. The summed E-state index contributed by atoms with van der Waals surface area (Å²) in [6, 6.07) is 15.3. The second kappa shape index (κ2) is 7.67. The van der Waals surface area contributed by atoms with E-state index >= 15 is 0 Å². The number of rotatable bonds is 6. The molecule has 3 aromatic rings. The number of amides is 3. The summed E-state index contributed by atoms with van der Waals surface area (Å²) in [6.07, 6.45) is 1.03. The molecule has 0 aliphatic carbocycles. The van der Waals surface area contributed by atoms with Crippen LogP contribution in [-0.2, 0) is 11.2 Å². The van der Waals surface area contributed by atoms with Crippen LogP contribution in [0.4, 0.5) is 4.79 Å². The third-order valence-electron chi connectivity index (χ3n) is 6.97. The molecule has 1 saturated heterocycles. The lowest BCUT2D eigenvalue weighted by atomic mass is 9.78. The van der Waals surface area contributed by atoms with Crippen molar-refractivity contribution in [2.45, 2.75) is 31.3 Å². The SMILES string of the molecule is CC[C@@]12Cc3c([nH]c4ccc(OC)cc34)[C@@H](c3ccccc3)N1C(=O)N(CCNC)C2=O. The predicted octanol–water partition coefficient (Wildman–Crippen LogP) is 3.45. The van der Waals surface area contributed by atoms with E-state index in [1.54, 1.807) is 7.11 Å². The molecule has 0 saturated carbocycles. The van der Waals surface area contributed by atoms with E-state index in [9.17, 15) is 9.59 Å². The first kappa shape index (κ1) is 20.6. The molecule has 1 aromatic heterocycles. The van der Waals surface area contributed by atoms with Crippen LogP contribution >= 0.6 is 0 Å². The fourth-order valence-electron chi connectivity index (χ4n) is 5.31. The summed E-state index contributed by atoms with van der Waals surface area (Å²) in [5.41, 5.74) is 3.12. The number of fused-ring (bicyclic) bond motifs is 4. The fraction of sp³-hybridized carbons (Fsp3) is 0.360. The Bertz CT molecular complexity index is 1190. The minimum atomic E-state index is -0.906. The smallest absolute Gasteiger partial charge is 0.328 e. The van der Waals surface area contributed by atoms with Gasteiger partial charge in [-0.1, -0.05) is 37.3 Å². The number of likely N-dealkylation sites (N-methyl/N-ethyl adjacent to an activating group) is 1. The Hall–Kier alpha value is -3.32. The third kappa shape index (κ3) is 2.77. The first-order valence-electron chi connectivity index (χ1n) is 11.1. The van der Waals surface area contributed by atoms with Crippen LogP contribution in [0.3, 0.4) is 0 Å². The quantitative estimate of drug-likeness (QED) is 0.585. The number of urea groups is 1. The summed E-state index contributed by atoms with van der Waals surface area (Å²) in [5, 5.41) is 4.10. The first-order chi connectivity index (χ1) is 15.6. The van der Waals surface area contributed by atoms with Gasteiger partial charge in [-0.25, -0.2) is 4.79 Å². The van der Waals surface area contributed by atoms with Gasteiger partial charge in [-0.05, 0) is 42.8 Å². The lowest BCUT2D eigenvalue weighted by Crippen LogP contribution is -2.55. The molecule has 2 aliphatic rings. The largest absolute Gasteiger partial charge is 0.497 e. The molecule has 2 atom stereocenters. The molecule has 7 nitrogen and oxygen atoms in total. The van der Waals surface area contributed by atoms with Crippen molar-refractivity contribution < 1.29 is 14.3 Å². The molecule has 3 heterocycles. The highest BCUT2D eigenvalue weighted by atomic mass is 16.5. The summed E-state index contributed by atoms with van der Waals surface area (Å²) in [5.74, 6) is 0.664. The van der Waals surface area contributed by atoms with E-state index in [-0.39, 0.29) is 18.0 Å². The van der Waals surface area contributed by atoms with Crippen LogP contribution in [0.2, 0.25) is 0 Å². The number of aromatic nitrogens is 1. The number of methoxy groups -OCH3 is 1. The number of carbonyl (C=O) groups excluding carboxylic acids is 2. The Labute approximate surface area is 187 Å². The summed E-state index contributed by atoms with van der Waals surface area (Å²) in [4.78, 5) is 34.3. The second-order valence-corrected chi connectivity index (χ2v) is 8.52. The second-order valence-electron chi connectivity index (χ2n) is 8.52. The van der Waals surface area contributed by atoms with E-state index < -0.39 is 5.54 Å². The van der Waals surface area contributed by atoms with Crippen LogP contribution in [-0.4, -0.2) is 59.5 Å². The molecular formula is C25H28N4O3. The third-order valence-corrected chi connectivity index (χ3v) is 6.97. The summed E-state index contributed by atoms with van der Waals surface area (Å²) >= 11 is 0. The van der Waals surface area contributed by atoms with Gasteiger partial charge in [-0.15, -0.1) is 0 Å². The highest BCUT2D eigenvalue weighted by molar-refractivity contribution is 6.08. The van der Waals surface area contributed by atoms with Gasteiger partial charge in [0.25, 0.3) is 5.91 Å². The molecule has 0 spiro atoms. The Morgan fingerprint density at radius 3 is 2.66 bits per heavy atom. The summed E-state index contributed by atoms with van der Waals surface area (Å²) in [7, 11) is 3.48. The van der Waals surface area contributed by atoms with Gasteiger partial charge in [0, 0.05) is 36.1 Å². The maximum atomic E-state index is 13.8. The van der Waals surface area contributed by atoms with E-state index in [1.807, 2.05) is 67.4 Å².